The molecule has 90 valence electrons. The van der Waals surface area contributed by atoms with Crippen molar-refractivity contribution in [3.63, 3.8) is 0 Å². The number of ether oxygens (including phenoxy) is 1. The minimum Gasteiger partial charge on any atom is -0.492 e. The van der Waals surface area contributed by atoms with Gasteiger partial charge in [-0.3, -0.25) is 9.59 Å². The molecular formula is C12H13NO4. The second-order valence-electron chi connectivity index (χ2n) is 3.97. The van der Waals surface area contributed by atoms with Gasteiger partial charge < -0.3 is 15.2 Å². The Morgan fingerprint density at radius 1 is 1.47 bits per heavy atom. The van der Waals surface area contributed by atoms with E-state index in [1.54, 1.807) is 6.07 Å². The molecular weight excluding hydrogens is 222 g/mol. The van der Waals surface area contributed by atoms with E-state index in [0.29, 0.717) is 5.75 Å². The molecule has 0 radical (unpaired) electrons. The Morgan fingerprint density at radius 2 is 2.18 bits per heavy atom. The molecule has 0 aliphatic carbocycles. The molecule has 1 aromatic carbocycles. The number of fused-ring (bicyclic) bond motifs is 1. The van der Waals surface area contributed by atoms with E-state index in [9.17, 15) is 9.59 Å². The zero-order chi connectivity index (χ0) is 12.4. The fourth-order valence-corrected chi connectivity index (χ4v) is 1.76. The van der Waals surface area contributed by atoms with Crippen LogP contribution in [0.5, 0.6) is 5.75 Å². The van der Waals surface area contributed by atoms with Gasteiger partial charge in [0.15, 0.2) is 0 Å². The predicted octanol–water partition coefficient (Wildman–Crippen LogP) is 0.752. The first-order chi connectivity index (χ1) is 8.09. The maximum Gasteiger partial charge on any atom is 0.325 e. The van der Waals surface area contributed by atoms with Crippen molar-refractivity contribution in [3.8, 4) is 5.75 Å². The molecule has 0 spiro atoms. The van der Waals surface area contributed by atoms with Gasteiger partial charge in [0.2, 0.25) is 5.91 Å². The molecule has 5 nitrogen and oxygen atoms in total. The second-order valence-corrected chi connectivity index (χ2v) is 3.97. The lowest BCUT2D eigenvalue weighted by Gasteiger charge is -2.13. The summed E-state index contributed by atoms with van der Waals surface area (Å²) in [7, 11) is 0. The minimum absolute atomic E-state index is 0.261. The van der Waals surface area contributed by atoms with Gasteiger partial charge >= 0.3 is 5.97 Å². The van der Waals surface area contributed by atoms with E-state index < -0.39 is 17.9 Å². The average Bonchev–Trinajstić information content (AvgIpc) is 2.72. The fourth-order valence-electron chi connectivity index (χ4n) is 1.76. The molecule has 1 amide bonds. The lowest BCUT2D eigenvalue weighted by atomic mass is 10.0. The summed E-state index contributed by atoms with van der Waals surface area (Å²) in [6.45, 7) is 1.69. The lowest BCUT2D eigenvalue weighted by molar-refractivity contribution is -0.141. The molecule has 5 heteroatoms. The normalized spacial score (nSPS) is 19.0. The molecule has 17 heavy (non-hydrogen) atoms. The monoisotopic (exact) mass is 235 g/mol. The largest absolute Gasteiger partial charge is 0.492 e. The first-order valence-electron chi connectivity index (χ1n) is 5.34. The molecule has 2 rings (SSSR count). The molecule has 0 saturated carbocycles. The molecule has 0 aromatic heterocycles. The molecule has 1 unspecified atom stereocenters. The van der Waals surface area contributed by atoms with Crippen LogP contribution in [0.25, 0.3) is 0 Å². The van der Waals surface area contributed by atoms with E-state index in [0.717, 1.165) is 5.56 Å². The summed E-state index contributed by atoms with van der Waals surface area (Å²) in [4.78, 5) is 22.5. The molecule has 0 bridgehead atoms. The summed E-state index contributed by atoms with van der Waals surface area (Å²) in [6.07, 6.45) is 0. The molecule has 1 aliphatic heterocycles. The Kier molecular flexibility index (Phi) is 2.99. The predicted molar refractivity (Wildman–Crippen MR) is 59.9 cm³/mol. The van der Waals surface area contributed by atoms with Crippen LogP contribution < -0.4 is 10.1 Å². The summed E-state index contributed by atoms with van der Waals surface area (Å²) in [6, 6.07) is 6.38. The Morgan fingerprint density at radius 3 is 2.88 bits per heavy atom. The van der Waals surface area contributed by atoms with E-state index in [1.807, 2.05) is 18.2 Å². The number of benzene rings is 1. The third-order valence-electron chi connectivity index (χ3n) is 2.75. The molecule has 2 atom stereocenters. The van der Waals surface area contributed by atoms with E-state index >= 15 is 0 Å². The summed E-state index contributed by atoms with van der Waals surface area (Å²) in [5, 5.41) is 11.2. The smallest absolute Gasteiger partial charge is 0.325 e. The second kappa shape index (κ2) is 4.45. The van der Waals surface area contributed by atoms with Crippen LogP contribution in [0, 0.1) is 0 Å². The van der Waals surface area contributed by atoms with E-state index in [1.165, 1.54) is 6.92 Å². The standard InChI is InChI=1S/C12H13NO4/c1-7(12(15)16)13-11(14)9-6-17-10-5-3-2-4-8(9)10/h2-5,7,9H,6H2,1H3,(H,13,14)(H,15,16)/t7-,9?/m0/s1. The quantitative estimate of drug-likeness (QED) is 0.810. The van der Waals surface area contributed by atoms with Gasteiger partial charge in [0.05, 0.1) is 0 Å². The molecule has 1 heterocycles. The number of para-hydroxylation sites is 1. The van der Waals surface area contributed by atoms with Gasteiger partial charge in [-0.25, -0.2) is 0 Å². The third kappa shape index (κ3) is 2.22. The van der Waals surface area contributed by atoms with Gasteiger partial charge in [-0.1, -0.05) is 18.2 Å². The number of carbonyl (C=O) groups excluding carboxylic acids is 1. The highest BCUT2D eigenvalue weighted by atomic mass is 16.5. The Hall–Kier alpha value is -2.04. The van der Waals surface area contributed by atoms with Crippen LogP contribution in [0.2, 0.25) is 0 Å². The maximum atomic E-state index is 11.9. The number of carbonyl (C=O) groups is 2. The van der Waals surface area contributed by atoms with Gasteiger partial charge in [0.1, 0.15) is 24.3 Å². The van der Waals surface area contributed by atoms with Gasteiger partial charge in [-0.2, -0.15) is 0 Å². The van der Waals surface area contributed by atoms with Gasteiger partial charge in [0.25, 0.3) is 0 Å². The van der Waals surface area contributed by atoms with Crippen LogP contribution in [-0.2, 0) is 9.59 Å². The summed E-state index contributed by atoms with van der Waals surface area (Å²) >= 11 is 0. The Labute approximate surface area is 98.4 Å². The summed E-state index contributed by atoms with van der Waals surface area (Å²) in [5.41, 5.74) is 0.808. The molecule has 1 aromatic rings. The number of hydrogen-bond donors (Lipinski definition) is 2. The minimum atomic E-state index is -1.05. The highest BCUT2D eigenvalue weighted by Crippen LogP contribution is 2.33. The number of carboxylic acid groups (broad SMARTS) is 1. The molecule has 0 saturated heterocycles. The zero-order valence-corrected chi connectivity index (χ0v) is 9.34. The summed E-state index contributed by atoms with van der Waals surface area (Å²) in [5.74, 6) is -1.10. The fraction of sp³-hybridized carbons (Fsp3) is 0.333. The van der Waals surface area contributed by atoms with Crippen molar-refractivity contribution in [2.75, 3.05) is 6.61 Å². The van der Waals surface area contributed by atoms with Gasteiger partial charge in [-0.05, 0) is 13.0 Å². The number of amides is 1. The van der Waals surface area contributed by atoms with Crippen molar-refractivity contribution < 1.29 is 19.4 Å². The SMILES string of the molecule is C[C@H](NC(=O)C1COc2ccccc21)C(=O)O. The van der Waals surface area contributed by atoms with Gasteiger partial charge in [0, 0.05) is 5.56 Å². The maximum absolute atomic E-state index is 11.9. The summed E-state index contributed by atoms with van der Waals surface area (Å²) < 4.78 is 5.37. The number of aliphatic carboxylic acids is 1. The number of nitrogens with one attached hydrogen (secondary N) is 1. The van der Waals surface area contributed by atoms with Crippen molar-refractivity contribution in [2.24, 2.45) is 0 Å². The highest BCUT2D eigenvalue weighted by molar-refractivity contribution is 5.89. The van der Waals surface area contributed by atoms with E-state index in [2.05, 4.69) is 5.32 Å². The molecule has 2 N–H and O–H groups in total. The number of carboxylic acids is 1. The van der Waals surface area contributed by atoms with Gasteiger partial charge in [-0.15, -0.1) is 0 Å². The van der Waals surface area contributed by atoms with Crippen LogP contribution in [0.4, 0.5) is 0 Å². The third-order valence-corrected chi connectivity index (χ3v) is 2.75. The van der Waals surface area contributed by atoms with Crippen LogP contribution in [0.15, 0.2) is 24.3 Å². The van der Waals surface area contributed by atoms with Crippen LogP contribution in [0.3, 0.4) is 0 Å². The highest BCUT2D eigenvalue weighted by Gasteiger charge is 2.31. The average molecular weight is 235 g/mol. The first-order valence-corrected chi connectivity index (χ1v) is 5.34. The number of rotatable bonds is 3. The lowest BCUT2D eigenvalue weighted by Crippen LogP contribution is -2.41. The van der Waals surface area contributed by atoms with Crippen molar-refractivity contribution >= 4 is 11.9 Å². The van der Waals surface area contributed by atoms with E-state index in [-0.39, 0.29) is 12.5 Å². The number of hydrogen-bond acceptors (Lipinski definition) is 3. The first kappa shape index (κ1) is 11.4. The van der Waals surface area contributed by atoms with Crippen molar-refractivity contribution in [1.82, 2.24) is 5.32 Å². The zero-order valence-electron chi connectivity index (χ0n) is 9.34. The van der Waals surface area contributed by atoms with Crippen molar-refractivity contribution in [2.45, 2.75) is 18.9 Å². The van der Waals surface area contributed by atoms with Crippen LogP contribution >= 0.6 is 0 Å². The van der Waals surface area contributed by atoms with E-state index in [4.69, 9.17) is 9.84 Å². The molecule has 1 aliphatic rings. The van der Waals surface area contributed by atoms with Crippen LogP contribution in [0.1, 0.15) is 18.4 Å². The van der Waals surface area contributed by atoms with Crippen molar-refractivity contribution in [3.05, 3.63) is 29.8 Å². The molecule has 0 fully saturated rings. The van der Waals surface area contributed by atoms with Crippen LogP contribution in [-0.4, -0.2) is 29.6 Å². The Bertz CT molecular complexity index is 458. The van der Waals surface area contributed by atoms with Crippen molar-refractivity contribution in [1.29, 1.82) is 0 Å². The Balaban J connectivity index is 2.10. The topological polar surface area (TPSA) is 75.6 Å².